The van der Waals surface area contributed by atoms with Gasteiger partial charge in [0.15, 0.2) is 5.96 Å². The monoisotopic (exact) mass is 1050 g/mol. The molecule has 1 fully saturated rings. The quantitative estimate of drug-likeness (QED) is 0.0135. The minimum Gasteiger partial charge on any atom is -0.477 e. The number of hydrogen-bond donors (Lipinski definition) is 16. The van der Waals surface area contributed by atoms with Gasteiger partial charge in [-0.1, -0.05) is 30.7 Å². The first-order valence-electron chi connectivity index (χ1n) is 24.7. The molecule has 0 aliphatic carbocycles. The zero-order valence-electron chi connectivity index (χ0n) is 42.2. The number of nitriles is 1. The van der Waals surface area contributed by atoms with E-state index in [4.69, 9.17) is 39.8 Å². The van der Waals surface area contributed by atoms with E-state index in [0.717, 1.165) is 0 Å². The number of benzene rings is 1. The number of nitrogens with one attached hydrogen (secondary N) is 8. The molecule has 28 nitrogen and oxygen atoms in total. The van der Waals surface area contributed by atoms with Crippen molar-refractivity contribution in [1.29, 1.82) is 10.7 Å². The highest BCUT2D eigenvalue weighted by atomic mass is 16.4. The first-order valence-corrected chi connectivity index (χ1v) is 24.7. The van der Waals surface area contributed by atoms with Crippen molar-refractivity contribution in [2.45, 2.75) is 126 Å². The van der Waals surface area contributed by atoms with Gasteiger partial charge < -0.3 is 86.7 Å². The Balaban J connectivity index is 2.33. The SMILES string of the molecule is C[C@H](NC(=O)[C@@H](NC(=O)[C@@H](N)CCCCN)[C@@H](O)CN)C(=O)NCC(=O)/N=C(\CCCN)C(=O)N1CCC[C@H]1C(=O)N[C@@H](Cc1ccccc1C#N)C(=O)N[C@@H](CCCCN)C(=O)N/C(=C\CCNC(=N)N)C(=O)O. The Morgan fingerprint density at radius 1 is 0.853 bits per heavy atom. The predicted octanol–water partition coefficient (Wildman–Crippen LogP) is -5.26. The third-order valence-corrected chi connectivity index (χ3v) is 11.7. The average Bonchev–Trinajstić information content (AvgIpc) is 3.88. The second kappa shape index (κ2) is 34.1. The van der Waals surface area contributed by atoms with Gasteiger partial charge in [-0.05, 0) is 102 Å². The molecule has 0 aromatic heterocycles. The number of likely N-dealkylation sites (tertiary alicyclic amines) is 1. The smallest absolute Gasteiger partial charge is 0.352 e. The molecular weight excluding hydrogens is 979 g/mol. The first-order chi connectivity index (χ1) is 35.7. The molecule has 22 N–H and O–H groups in total. The van der Waals surface area contributed by atoms with Crippen LogP contribution in [0.25, 0.3) is 0 Å². The van der Waals surface area contributed by atoms with Gasteiger partial charge in [0.25, 0.3) is 11.8 Å². The molecule has 1 heterocycles. The molecule has 0 unspecified atom stereocenters. The van der Waals surface area contributed by atoms with E-state index in [1.165, 1.54) is 24.0 Å². The molecule has 1 aromatic carbocycles. The standard InChI is InChI=1S/C47H75N17O11/c1-27(58-44(72)38(36(65)25-52)63-40(68)30(53)13-4-6-18-48)39(67)57-26-37(66)59-32(15-8-20-50)45(73)64-22-10-17-35(64)43(71)62-34(23-28-11-2-3-12-29(28)24-51)42(70)60-31(14-5-7-19-49)41(69)61-33(46(74)75)16-9-21-56-47(54)55/h2-3,11-12,16,27,30-31,34-36,38,65H,4-10,13-15,17-23,25-26,48-50,52-53H2,1H3,(H,57,67)(H,58,72)(H,60,70)(H,61,69)(H,62,71)(H,63,68)(H,74,75)(H4,54,55,56)/b33-16-,59-32+/t27-,30-,31-,34-,35-,36-,38-/m0/s1. The number of rotatable bonds is 33. The van der Waals surface area contributed by atoms with Gasteiger partial charge >= 0.3 is 5.97 Å². The zero-order valence-corrected chi connectivity index (χ0v) is 42.2. The fourth-order valence-corrected chi connectivity index (χ4v) is 7.55. The summed E-state index contributed by atoms with van der Waals surface area (Å²) >= 11 is 0. The number of guanidine groups is 1. The normalized spacial score (nSPS) is 15.9. The number of hydrogen-bond acceptors (Lipinski definition) is 17. The average molecular weight is 1050 g/mol. The Hall–Kier alpha value is -7.42. The number of aliphatic hydroxyl groups is 1. The number of aliphatic hydroxyl groups excluding tert-OH is 1. The van der Waals surface area contributed by atoms with Crippen LogP contribution in [0.1, 0.15) is 88.7 Å². The van der Waals surface area contributed by atoms with E-state index in [0.29, 0.717) is 44.2 Å². The molecule has 28 heteroatoms. The van der Waals surface area contributed by atoms with Crippen LogP contribution in [-0.4, -0.2) is 168 Å². The Labute approximate surface area is 434 Å². The summed E-state index contributed by atoms with van der Waals surface area (Å²) < 4.78 is 0. The fraction of sp³-hybridized carbons (Fsp3) is 0.574. The Morgan fingerprint density at radius 2 is 1.52 bits per heavy atom. The number of carboxylic acid groups (broad SMARTS) is 1. The van der Waals surface area contributed by atoms with E-state index < -0.39 is 114 Å². The van der Waals surface area contributed by atoms with E-state index >= 15 is 0 Å². The summed E-state index contributed by atoms with van der Waals surface area (Å²) in [4.78, 5) is 126. The van der Waals surface area contributed by atoms with Crippen LogP contribution in [0.2, 0.25) is 0 Å². The van der Waals surface area contributed by atoms with Gasteiger partial charge in [-0.25, -0.2) is 9.79 Å². The van der Waals surface area contributed by atoms with Gasteiger partial charge in [-0.15, -0.1) is 0 Å². The maximum atomic E-state index is 14.3. The van der Waals surface area contributed by atoms with Crippen LogP contribution in [0.15, 0.2) is 41.0 Å². The lowest BCUT2D eigenvalue weighted by molar-refractivity contribution is -0.137. The number of aliphatic imine (C=N–C) groups is 1. The van der Waals surface area contributed by atoms with Gasteiger partial charge in [-0.3, -0.25) is 43.8 Å². The maximum Gasteiger partial charge on any atom is 0.352 e. The van der Waals surface area contributed by atoms with Crippen molar-refractivity contribution >= 4 is 64.9 Å². The number of nitrogens with two attached hydrogens (primary N) is 6. The summed E-state index contributed by atoms with van der Waals surface area (Å²) in [7, 11) is 0. The van der Waals surface area contributed by atoms with Gasteiger partial charge in [0.1, 0.15) is 41.6 Å². The zero-order chi connectivity index (χ0) is 56.0. The molecule has 0 radical (unpaired) electrons. The Morgan fingerprint density at radius 3 is 2.15 bits per heavy atom. The van der Waals surface area contributed by atoms with Crippen LogP contribution >= 0.6 is 0 Å². The van der Waals surface area contributed by atoms with Crippen molar-refractivity contribution in [3.8, 4) is 6.07 Å². The molecule has 0 saturated carbocycles. The molecule has 1 aliphatic rings. The van der Waals surface area contributed by atoms with E-state index in [1.54, 1.807) is 18.2 Å². The number of nitrogens with zero attached hydrogens (tertiary/aromatic N) is 3. The van der Waals surface area contributed by atoms with Gasteiger partial charge in [0.05, 0.1) is 30.3 Å². The lowest BCUT2D eigenvalue weighted by Gasteiger charge is -2.28. The lowest BCUT2D eigenvalue weighted by atomic mass is 9.99. The summed E-state index contributed by atoms with van der Waals surface area (Å²) in [6, 6.07) is 0.403. The van der Waals surface area contributed by atoms with Gasteiger partial charge in [-0.2, -0.15) is 5.26 Å². The topological polar surface area (TPSA) is 498 Å². The molecule has 7 atom stereocenters. The van der Waals surface area contributed by atoms with Crippen molar-refractivity contribution in [3.05, 3.63) is 47.2 Å². The van der Waals surface area contributed by atoms with E-state index in [1.807, 2.05) is 6.07 Å². The largest absolute Gasteiger partial charge is 0.477 e. The molecular formula is C47H75N17O11. The number of aliphatic carboxylic acids is 1. The second-order valence-electron chi connectivity index (χ2n) is 17.6. The Bertz CT molecular complexity index is 2250. The molecule has 0 bridgehead atoms. The maximum absolute atomic E-state index is 14.3. The number of carboxylic acids is 1. The van der Waals surface area contributed by atoms with Crippen LogP contribution in [0, 0.1) is 16.7 Å². The minimum atomic E-state index is -1.58. The Kier molecular flexibility index (Phi) is 29.0. The van der Waals surface area contributed by atoms with Crippen LogP contribution in [0.3, 0.4) is 0 Å². The molecule has 414 valence electrons. The molecule has 1 saturated heterocycles. The number of carbonyl (C=O) groups excluding carboxylic acids is 8. The molecule has 1 aliphatic heterocycles. The third-order valence-electron chi connectivity index (χ3n) is 11.7. The fourth-order valence-electron chi connectivity index (χ4n) is 7.55. The molecule has 0 spiro atoms. The number of carbonyl (C=O) groups is 9. The van der Waals surface area contributed by atoms with Crippen molar-refractivity contribution in [2.24, 2.45) is 39.4 Å². The van der Waals surface area contributed by atoms with Crippen LogP contribution in [0.4, 0.5) is 0 Å². The lowest BCUT2D eigenvalue weighted by Crippen LogP contribution is -2.60. The predicted molar refractivity (Wildman–Crippen MR) is 274 cm³/mol. The summed E-state index contributed by atoms with van der Waals surface area (Å²) in [5.74, 6) is -8.77. The molecule has 2 rings (SSSR count). The van der Waals surface area contributed by atoms with Gasteiger partial charge in [0.2, 0.25) is 35.4 Å². The van der Waals surface area contributed by atoms with Crippen molar-refractivity contribution in [2.75, 3.05) is 45.8 Å². The third kappa shape index (κ3) is 22.3. The van der Waals surface area contributed by atoms with Crippen LogP contribution in [0.5, 0.6) is 0 Å². The number of amides is 8. The first kappa shape index (κ1) is 63.7. The minimum absolute atomic E-state index is 0.00506. The second-order valence-corrected chi connectivity index (χ2v) is 17.6. The van der Waals surface area contributed by atoms with E-state index in [9.17, 15) is 58.6 Å². The molecule has 8 amide bonds. The highest BCUT2D eigenvalue weighted by molar-refractivity contribution is 6.40. The van der Waals surface area contributed by atoms with E-state index in [2.05, 4.69) is 42.2 Å². The summed E-state index contributed by atoms with van der Waals surface area (Å²) in [5.41, 5.74) is 33.4. The van der Waals surface area contributed by atoms with Crippen molar-refractivity contribution in [3.63, 3.8) is 0 Å². The highest BCUT2D eigenvalue weighted by Gasteiger charge is 2.39. The number of unbranched alkanes of at least 4 members (excludes halogenated alkanes) is 2. The van der Waals surface area contributed by atoms with Crippen molar-refractivity contribution < 1.29 is 53.4 Å². The summed E-state index contributed by atoms with van der Waals surface area (Å²) in [6.07, 6.45) is 2.13. The van der Waals surface area contributed by atoms with Crippen LogP contribution in [-0.2, 0) is 49.6 Å². The van der Waals surface area contributed by atoms with Gasteiger partial charge in [0, 0.05) is 26.1 Å². The van der Waals surface area contributed by atoms with Crippen molar-refractivity contribution in [1.82, 2.24) is 42.1 Å². The van der Waals surface area contributed by atoms with Crippen LogP contribution < -0.4 is 71.6 Å². The molecule has 1 aromatic rings. The highest BCUT2D eigenvalue weighted by Crippen LogP contribution is 2.20. The molecule has 75 heavy (non-hydrogen) atoms. The summed E-state index contributed by atoms with van der Waals surface area (Å²) in [6.45, 7) is 0.929. The summed E-state index contributed by atoms with van der Waals surface area (Å²) in [5, 5.41) is 54.5. The van der Waals surface area contributed by atoms with E-state index in [-0.39, 0.29) is 88.4 Å².